The number of hydrogen-bond acceptors (Lipinski definition) is 4. The van der Waals surface area contributed by atoms with Gasteiger partial charge in [-0.1, -0.05) is 75.9 Å². The first kappa shape index (κ1) is 22.7. The first-order valence-corrected chi connectivity index (χ1v) is 11.2. The van der Waals surface area contributed by atoms with E-state index in [-0.39, 0.29) is 17.5 Å². The van der Waals surface area contributed by atoms with E-state index < -0.39 is 0 Å². The molecule has 0 aliphatic rings. The quantitative estimate of drug-likeness (QED) is 0.417. The van der Waals surface area contributed by atoms with Crippen molar-refractivity contribution < 1.29 is 9.18 Å². The number of para-hydroxylation sites is 1. The van der Waals surface area contributed by atoms with Crippen molar-refractivity contribution in [2.75, 3.05) is 11.1 Å². The number of rotatable bonds is 8. The van der Waals surface area contributed by atoms with Gasteiger partial charge in [0.1, 0.15) is 11.6 Å². The maximum Gasteiger partial charge on any atom is 0.234 e. The first-order valence-electron chi connectivity index (χ1n) is 10.2. The molecule has 0 spiro atoms. The van der Waals surface area contributed by atoms with Crippen LogP contribution < -0.4 is 5.32 Å². The fourth-order valence-corrected chi connectivity index (χ4v) is 3.75. The molecule has 3 aromatic rings. The SMILES string of the molecule is CC(C)c1cccc(C(C)C)c1NC(=O)CSc1n[nH]c(/C=C/c2ccc(F)cc2)n1. The fourth-order valence-electron chi connectivity index (χ4n) is 3.15. The fraction of sp³-hybridized carbons (Fsp3) is 0.292. The van der Waals surface area contributed by atoms with Crippen LogP contribution in [0.15, 0.2) is 47.6 Å². The molecule has 2 aromatic carbocycles. The molecule has 0 fully saturated rings. The van der Waals surface area contributed by atoms with Gasteiger partial charge in [0, 0.05) is 5.69 Å². The van der Waals surface area contributed by atoms with E-state index in [2.05, 4.69) is 60.3 Å². The molecule has 0 saturated heterocycles. The molecule has 31 heavy (non-hydrogen) atoms. The van der Waals surface area contributed by atoms with Gasteiger partial charge in [-0.3, -0.25) is 9.89 Å². The van der Waals surface area contributed by atoms with Gasteiger partial charge in [-0.05, 0) is 46.7 Å². The third-order valence-corrected chi connectivity index (χ3v) is 5.60. The van der Waals surface area contributed by atoms with Crippen molar-refractivity contribution in [2.24, 2.45) is 0 Å². The number of nitrogens with one attached hydrogen (secondary N) is 2. The normalized spacial score (nSPS) is 11.6. The summed E-state index contributed by atoms with van der Waals surface area (Å²) in [6, 6.07) is 12.3. The van der Waals surface area contributed by atoms with Crippen LogP contribution in [-0.4, -0.2) is 26.8 Å². The lowest BCUT2D eigenvalue weighted by Crippen LogP contribution is -2.17. The predicted octanol–water partition coefficient (Wildman–Crippen LogP) is 6.09. The number of hydrogen-bond donors (Lipinski definition) is 2. The van der Waals surface area contributed by atoms with E-state index >= 15 is 0 Å². The van der Waals surface area contributed by atoms with Crippen molar-refractivity contribution in [2.45, 2.75) is 44.7 Å². The summed E-state index contributed by atoms with van der Waals surface area (Å²) in [6.07, 6.45) is 3.58. The highest BCUT2D eigenvalue weighted by Gasteiger charge is 2.16. The minimum atomic E-state index is -0.273. The molecule has 1 amide bonds. The molecule has 1 heterocycles. The predicted molar refractivity (Wildman–Crippen MR) is 126 cm³/mol. The number of aromatic nitrogens is 3. The van der Waals surface area contributed by atoms with Gasteiger partial charge in [0.05, 0.1) is 5.75 Å². The minimum Gasteiger partial charge on any atom is -0.325 e. The molecule has 0 unspecified atom stereocenters. The molecule has 0 bridgehead atoms. The number of carbonyl (C=O) groups excluding carboxylic acids is 1. The van der Waals surface area contributed by atoms with Gasteiger partial charge in [-0.2, -0.15) is 0 Å². The van der Waals surface area contributed by atoms with Crippen LogP contribution in [0.2, 0.25) is 0 Å². The van der Waals surface area contributed by atoms with Gasteiger partial charge in [0.2, 0.25) is 11.1 Å². The van der Waals surface area contributed by atoms with E-state index in [0.29, 0.717) is 22.8 Å². The van der Waals surface area contributed by atoms with Gasteiger partial charge in [-0.25, -0.2) is 9.37 Å². The topological polar surface area (TPSA) is 70.7 Å². The molecule has 0 aliphatic carbocycles. The number of carbonyl (C=O) groups is 1. The Morgan fingerprint density at radius 2 is 1.71 bits per heavy atom. The molecule has 0 saturated carbocycles. The number of nitrogens with zero attached hydrogens (tertiary/aromatic N) is 2. The Labute approximate surface area is 186 Å². The Hall–Kier alpha value is -2.93. The zero-order valence-electron chi connectivity index (χ0n) is 18.1. The van der Waals surface area contributed by atoms with Crippen LogP contribution >= 0.6 is 11.8 Å². The van der Waals surface area contributed by atoms with Gasteiger partial charge < -0.3 is 5.32 Å². The summed E-state index contributed by atoms with van der Waals surface area (Å²) in [5.41, 5.74) is 4.04. The third kappa shape index (κ3) is 6.28. The Bertz CT molecular complexity index is 1030. The summed E-state index contributed by atoms with van der Waals surface area (Å²) in [6.45, 7) is 8.49. The van der Waals surface area contributed by atoms with E-state index in [9.17, 15) is 9.18 Å². The number of amides is 1. The summed E-state index contributed by atoms with van der Waals surface area (Å²) in [7, 11) is 0. The van der Waals surface area contributed by atoms with E-state index in [1.165, 1.54) is 23.9 Å². The van der Waals surface area contributed by atoms with Gasteiger partial charge in [0.15, 0.2) is 0 Å². The van der Waals surface area contributed by atoms with Gasteiger partial charge in [0.25, 0.3) is 0 Å². The van der Waals surface area contributed by atoms with Crippen molar-refractivity contribution in [1.29, 1.82) is 0 Å². The largest absolute Gasteiger partial charge is 0.325 e. The van der Waals surface area contributed by atoms with Crippen LogP contribution in [0.3, 0.4) is 0 Å². The average molecular weight is 439 g/mol. The lowest BCUT2D eigenvalue weighted by Gasteiger charge is -2.20. The maximum atomic E-state index is 13.0. The van der Waals surface area contributed by atoms with Gasteiger partial charge >= 0.3 is 0 Å². The lowest BCUT2D eigenvalue weighted by atomic mass is 9.92. The number of anilines is 1. The summed E-state index contributed by atoms with van der Waals surface area (Å²) < 4.78 is 13.0. The monoisotopic (exact) mass is 438 g/mol. The summed E-state index contributed by atoms with van der Waals surface area (Å²) in [5, 5.41) is 10.6. The second-order valence-corrected chi connectivity index (χ2v) is 8.79. The molecule has 162 valence electrons. The van der Waals surface area contributed by atoms with E-state index in [1.807, 2.05) is 12.1 Å². The highest BCUT2D eigenvalue weighted by Crippen LogP contribution is 2.32. The number of thioether (sulfide) groups is 1. The minimum absolute atomic E-state index is 0.0896. The second kappa shape index (κ2) is 10.4. The molecule has 0 atom stereocenters. The van der Waals surface area contributed by atoms with E-state index in [1.54, 1.807) is 18.2 Å². The zero-order chi connectivity index (χ0) is 22.4. The van der Waals surface area contributed by atoms with Crippen molar-refractivity contribution in [3.8, 4) is 0 Å². The Kier molecular flexibility index (Phi) is 7.63. The third-order valence-electron chi connectivity index (χ3n) is 4.76. The van der Waals surface area contributed by atoms with Crippen molar-refractivity contribution in [1.82, 2.24) is 15.2 Å². The standard InChI is InChI=1S/C24H27FN4OS/c1-15(2)19-6-5-7-20(16(3)4)23(19)27-22(30)14-31-24-26-21(28-29-24)13-10-17-8-11-18(25)12-9-17/h5-13,15-16H,14H2,1-4H3,(H,27,30)(H,26,28,29)/b13-10+. The van der Waals surface area contributed by atoms with E-state index in [4.69, 9.17) is 0 Å². The summed E-state index contributed by atoms with van der Waals surface area (Å²) in [4.78, 5) is 17.0. The molecule has 3 rings (SSSR count). The molecular weight excluding hydrogens is 411 g/mol. The molecule has 0 radical (unpaired) electrons. The Balaban J connectivity index is 1.61. The Morgan fingerprint density at radius 3 is 2.32 bits per heavy atom. The smallest absolute Gasteiger partial charge is 0.234 e. The molecule has 5 nitrogen and oxygen atoms in total. The van der Waals surface area contributed by atoms with Crippen molar-refractivity contribution in [3.63, 3.8) is 0 Å². The van der Waals surface area contributed by atoms with Crippen LogP contribution in [-0.2, 0) is 4.79 Å². The number of H-pyrrole nitrogens is 1. The number of benzene rings is 2. The van der Waals surface area contributed by atoms with Crippen LogP contribution in [0.1, 0.15) is 62.0 Å². The average Bonchev–Trinajstić information content (AvgIpc) is 3.19. The van der Waals surface area contributed by atoms with Crippen molar-refractivity contribution in [3.05, 3.63) is 70.8 Å². The van der Waals surface area contributed by atoms with Crippen LogP contribution in [0.4, 0.5) is 10.1 Å². The highest BCUT2D eigenvalue weighted by atomic mass is 32.2. The first-order chi connectivity index (χ1) is 14.8. The zero-order valence-corrected chi connectivity index (χ0v) is 19.0. The summed E-state index contributed by atoms with van der Waals surface area (Å²) >= 11 is 1.27. The maximum absolute atomic E-state index is 13.0. The second-order valence-electron chi connectivity index (χ2n) is 7.85. The molecule has 0 aliphatic heterocycles. The van der Waals surface area contributed by atoms with Crippen LogP contribution in [0.25, 0.3) is 12.2 Å². The number of aromatic amines is 1. The van der Waals surface area contributed by atoms with E-state index in [0.717, 1.165) is 22.4 Å². The molecule has 1 aromatic heterocycles. The Morgan fingerprint density at radius 1 is 1.06 bits per heavy atom. The molecule has 7 heteroatoms. The lowest BCUT2D eigenvalue weighted by molar-refractivity contribution is -0.113. The van der Waals surface area contributed by atoms with Gasteiger partial charge in [-0.15, -0.1) is 5.10 Å². The van der Waals surface area contributed by atoms with Crippen LogP contribution in [0.5, 0.6) is 0 Å². The molecular formula is C24H27FN4OS. The summed E-state index contributed by atoms with van der Waals surface area (Å²) in [5.74, 6) is 1.04. The molecule has 2 N–H and O–H groups in total. The highest BCUT2D eigenvalue weighted by molar-refractivity contribution is 7.99. The van der Waals surface area contributed by atoms with Crippen LogP contribution in [0, 0.1) is 5.82 Å². The van der Waals surface area contributed by atoms with Crippen molar-refractivity contribution >= 4 is 35.5 Å². The number of halogens is 1.